The molecule has 1 amide bonds. The highest BCUT2D eigenvalue weighted by Crippen LogP contribution is 2.27. The second-order valence-electron chi connectivity index (χ2n) is 3.65. The lowest BCUT2D eigenvalue weighted by molar-refractivity contribution is -0.117. The fourth-order valence-corrected chi connectivity index (χ4v) is 1.86. The highest BCUT2D eigenvalue weighted by Gasteiger charge is 2.22. The van der Waals surface area contributed by atoms with Crippen molar-refractivity contribution in [1.82, 2.24) is 0 Å². The molecule has 0 aliphatic carbocycles. The molecule has 1 heterocycles. The molecule has 1 fully saturated rings. The van der Waals surface area contributed by atoms with Crippen molar-refractivity contribution >= 4 is 11.6 Å². The average molecular weight is 216 g/mol. The van der Waals surface area contributed by atoms with E-state index in [0.29, 0.717) is 17.7 Å². The number of hydrogen-bond acceptors (Lipinski definition) is 3. The molecular formula is C12H12N2O2. The number of nitriles is 1. The first-order chi connectivity index (χ1) is 7.76. The summed E-state index contributed by atoms with van der Waals surface area (Å²) in [6, 6.07) is 7.25. The zero-order valence-electron chi connectivity index (χ0n) is 9.06. The first-order valence-corrected chi connectivity index (χ1v) is 5.15. The van der Waals surface area contributed by atoms with E-state index in [0.717, 1.165) is 18.7 Å². The van der Waals surface area contributed by atoms with Crippen LogP contribution >= 0.6 is 0 Å². The van der Waals surface area contributed by atoms with Crippen molar-refractivity contribution in [2.24, 2.45) is 0 Å². The van der Waals surface area contributed by atoms with Gasteiger partial charge in [0.05, 0.1) is 12.7 Å². The van der Waals surface area contributed by atoms with Gasteiger partial charge in [-0.15, -0.1) is 0 Å². The molecule has 82 valence electrons. The van der Waals surface area contributed by atoms with E-state index in [1.54, 1.807) is 23.1 Å². The van der Waals surface area contributed by atoms with E-state index in [1.165, 1.54) is 7.11 Å². The van der Waals surface area contributed by atoms with Crippen molar-refractivity contribution in [3.63, 3.8) is 0 Å². The number of hydrogen-bond donors (Lipinski definition) is 0. The number of anilines is 1. The van der Waals surface area contributed by atoms with Crippen molar-refractivity contribution in [1.29, 1.82) is 5.26 Å². The van der Waals surface area contributed by atoms with E-state index in [-0.39, 0.29) is 5.91 Å². The lowest BCUT2D eigenvalue weighted by atomic mass is 10.2. The Balaban J connectivity index is 2.36. The Labute approximate surface area is 94.0 Å². The van der Waals surface area contributed by atoms with Crippen LogP contribution < -0.4 is 9.64 Å². The van der Waals surface area contributed by atoms with Gasteiger partial charge in [-0.25, -0.2) is 0 Å². The number of methoxy groups -OCH3 is 1. The maximum atomic E-state index is 11.5. The molecule has 1 aliphatic rings. The summed E-state index contributed by atoms with van der Waals surface area (Å²) in [6.45, 7) is 0.744. The number of amides is 1. The minimum atomic E-state index is 0.131. The summed E-state index contributed by atoms with van der Waals surface area (Å²) in [5.41, 5.74) is 1.29. The second-order valence-corrected chi connectivity index (χ2v) is 3.65. The molecule has 1 aromatic carbocycles. The fraction of sp³-hybridized carbons (Fsp3) is 0.333. The van der Waals surface area contributed by atoms with Crippen LogP contribution in [0.1, 0.15) is 18.4 Å². The van der Waals surface area contributed by atoms with E-state index < -0.39 is 0 Å². The quantitative estimate of drug-likeness (QED) is 0.756. The van der Waals surface area contributed by atoms with E-state index in [1.807, 2.05) is 6.07 Å². The van der Waals surface area contributed by atoms with Crippen molar-refractivity contribution in [2.45, 2.75) is 12.8 Å². The summed E-state index contributed by atoms with van der Waals surface area (Å²) in [7, 11) is 1.52. The molecule has 2 rings (SSSR count). The second kappa shape index (κ2) is 4.23. The molecule has 0 N–H and O–H groups in total. The van der Waals surface area contributed by atoms with Crippen LogP contribution in [-0.2, 0) is 4.79 Å². The van der Waals surface area contributed by atoms with E-state index in [9.17, 15) is 4.79 Å². The summed E-state index contributed by atoms with van der Waals surface area (Å²) in [4.78, 5) is 13.3. The van der Waals surface area contributed by atoms with Crippen molar-refractivity contribution in [3.05, 3.63) is 23.8 Å². The third kappa shape index (κ3) is 1.72. The van der Waals surface area contributed by atoms with Crippen LogP contribution in [0.25, 0.3) is 0 Å². The average Bonchev–Trinajstić information content (AvgIpc) is 2.74. The summed E-state index contributed by atoms with van der Waals surface area (Å²) in [5, 5.41) is 8.85. The molecule has 4 heteroatoms. The number of carbonyl (C=O) groups excluding carboxylic acids is 1. The molecule has 0 saturated carbocycles. The van der Waals surface area contributed by atoms with Crippen molar-refractivity contribution in [2.75, 3.05) is 18.6 Å². The molecule has 4 nitrogen and oxygen atoms in total. The standard InChI is InChI=1S/C12H12N2O2/c1-16-11-7-10(5-4-9(11)8-13)14-6-2-3-12(14)15/h4-5,7H,2-3,6H2,1H3. The molecule has 0 aromatic heterocycles. The zero-order valence-corrected chi connectivity index (χ0v) is 9.06. The van der Waals surface area contributed by atoms with Crippen LogP contribution in [0, 0.1) is 11.3 Å². The molecule has 0 atom stereocenters. The molecule has 0 unspecified atom stereocenters. The Bertz CT molecular complexity index is 463. The predicted octanol–water partition coefficient (Wildman–Crippen LogP) is 1.69. The van der Waals surface area contributed by atoms with Gasteiger partial charge in [0.2, 0.25) is 5.91 Å². The van der Waals surface area contributed by atoms with Crippen LogP contribution in [0.5, 0.6) is 5.75 Å². The number of nitrogens with zero attached hydrogens (tertiary/aromatic N) is 2. The predicted molar refractivity (Wildman–Crippen MR) is 59.3 cm³/mol. The Morgan fingerprint density at radius 3 is 2.88 bits per heavy atom. The van der Waals surface area contributed by atoms with Crippen LogP contribution in [0.15, 0.2) is 18.2 Å². The summed E-state index contributed by atoms with van der Waals surface area (Å²) >= 11 is 0. The maximum absolute atomic E-state index is 11.5. The zero-order chi connectivity index (χ0) is 11.5. The topological polar surface area (TPSA) is 53.3 Å². The van der Waals surface area contributed by atoms with Gasteiger partial charge in [-0.1, -0.05) is 0 Å². The van der Waals surface area contributed by atoms with Crippen LogP contribution in [0.2, 0.25) is 0 Å². The molecule has 0 spiro atoms. The largest absolute Gasteiger partial charge is 0.495 e. The van der Waals surface area contributed by atoms with Gasteiger partial charge in [-0.3, -0.25) is 4.79 Å². The monoisotopic (exact) mass is 216 g/mol. The van der Waals surface area contributed by atoms with Gasteiger partial charge in [0.15, 0.2) is 0 Å². The van der Waals surface area contributed by atoms with E-state index in [4.69, 9.17) is 10.00 Å². The van der Waals surface area contributed by atoms with E-state index >= 15 is 0 Å². The molecule has 0 radical (unpaired) electrons. The highest BCUT2D eigenvalue weighted by molar-refractivity contribution is 5.95. The van der Waals surface area contributed by atoms with Crippen molar-refractivity contribution < 1.29 is 9.53 Å². The van der Waals surface area contributed by atoms with E-state index in [2.05, 4.69) is 0 Å². The summed E-state index contributed by atoms with van der Waals surface area (Å²) in [5.74, 6) is 0.645. The summed E-state index contributed by atoms with van der Waals surface area (Å²) < 4.78 is 5.11. The molecule has 1 saturated heterocycles. The van der Waals surface area contributed by atoms with Gasteiger partial charge in [-0.05, 0) is 18.6 Å². The molecule has 0 bridgehead atoms. The van der Waals surface area contributed by atoms with Crippen LogP contribution in [0.4, 0.5) is 5.69 Å². The third-order valence-electron chi connectivity index (χ3n) is 2.69. The Morgan fingerprint density at radius 1 is 1.50 bits per heavy atom. The number of rotatable bonds is 2. The molecule has 1 aromatic rings. The Hall–Kier alpha value is -2.02. The maximum Gasteiger partial charge on any atom is 0.227 e. The van der Waals surface area contributed by atoms with Crippen LogP contribution in [0.3, 0.4) is 0 Å². The minimum Gasteiger partial charge on any atom is -0.495 e. The molecule has 16 heavy (non-hydrogen) atoms. The molecular weight excluding hydrogens is 204 g/mol. The SMILES string of the molecule is COc1cc(N2CCCC2=O)ccc1C#N. The number of benzene rings is 1. The van der Waals surface area contributed by atoms with Crippen LogP contribution in [-0.4, -0.2) is 19.6 Å². The fourth-order valence-electron chi connectivity index (χ4n) is 1.86. The Kier molecular flexibility index (Phi) is 2.78. The number of ether oxygens (including phenoxy) is 1. The van der Waals surface area contributed by atoms with Gasteiger partial charge in [-0.2, -0.15) is 5.26 Å². The smallest absolute Gasteiger partial charge is 0.227 e. The highest BCUT2D eigenvalue weighted by atomic mass is 16.5. The number of carbonyl (C=O) groups is 1. The van der Waals surface area contributed by atoms with Gasteiger partial charge in [0, 0.05) is 24.7 Å². The van der Waals surface area contributed by atoms with Gasteiger partial charge in [0.1, 0.15) is 11.8 Å². The third-order valence-corrected chi connectivity index (χ3v) is 2.69. The van der Waals surface area contributed by atoms with Gasteiger partial charge < -0.3 is 9.64 Å². The molecule has 1 aliphatic heterocycles. The van der Waals surface area contributed by atoms with Crippen molar-refractivity contribution in [3.8, 4) is 11.8 Å². The minimum absolute atomic E-state index is 0.131. The van der Waals surface area contributed by atoms with Gasteiger partial charge in [0.25, 0.3) is 0 Å². The lowest BCUT2D eigenvalue weighted by Gasteiger charge is -2.16. The van der Waals surface area contributed by atoms with Gasteiger partial charge >= 0.3 is 0 Å². The lowest BCUT2D eigenvalue weighted by Crippen LogP contribution is -2.23. The first-order valence-electron chi connectivity index (χ1n) is 5.15. The Morgan fingerprint density at radius 2 is 2.31 bits per heavy atom. The summed E-state index contributed by atoms with van der Waals surface area (Å²) in [6.07, 6.45) is 1.49. The first kappa shape index (κ1) is 10.5. The normalized spacial score (nSPS) is 15.0.